The molecule has 5 heteroatoms. The molecular weight excluding hydrogens is 230 g/mol. The Morgan fingerprint density at radius 3 is 2.56 bits per heavy atom. The van der Waals surface area contributed by atoms with Crippen molar-refractivity contribution >= 4 is 5.91 Å². The SMILES string of the molecule is CCOC(C)C(=O)NCCc1nc(C)cc(C)n1. The number of ether oxygens (including phenoxy) is 1. The summed E-state index contributed by atoms with van der Waals surface area (Å²) in [6.07, 6.45) is 0.225. The van der Waals surface area contributed by atoms with Gasteiger partial charge in [0.25, 0.3) is 0 Å². The third-order valence-electron chi connectivity index (χ3n) is 2.46. The van der Waals surface area contributed by atoms with Crippen molar-refractivity contribution in [1.29, 1.82) is 0 Å². The standard InChI is InChI=1S/C13H21N3O2/c1-5-18-11(4)13(17)14-7-6-12-15-9(2)8-10(3)16-12/h8,11H,5-7H2,1-4H3,(H,14,17). The topological polar surface area (TPSA) is 64.1 Å². The molecule has 0 aromatic carbocycles. The number of amides is 1. The number of aromatic nitrogens is 2. The van der Waals surface area contributed by atoms with Gasteiger partial charge in [-0.3, -0.25) is 4.79 Å². The first-order valence-electron chi connectivity index (χ1n) is 6.23. The molecule has 1 rings (SSSR count). The predicted molar refractivity (Wildman–Crippen MR) is 69.3 cm³/mol. The molecule has 0 saturated heterocycles. The van der Waals surface area contributed by atoms with Crippen molar-refractivity contribution in [2.75, 3.05) is 13.2 Å². The molecule has 18 heavy (non-hydrogen) atoms. The van der Waals surface area contributed by atoms with Crippen LogP contribution in [0.15, 0.2) is 6.07 Å². The van der Waals surface area contributed by atoms with Crippen LogP contribution >= 0.6 is 0 Å². The van der Waals surface area contributed by atoms with Crippen LogP contribution in [-0.2, 0) is 16.0 Å². The molecule has 1 N–H and O–H groups in total. The van der Waals surface area contributed by atoms with Crippen LogP contribution < -0.4 is 5.32 Å². The summed E-state index contributed by atoms with van der Waals surface area (Å²) in [4.78, 5) is 20.2. The zero-order valence-corrected chi connectivity index (χ0v) is 11.5. The molecule has 0 aliphatic carbocycles. The van der Waals surface area contributed by atoms with Crippen LogP contribution in [-0.4, -0.2) is 35.1 Å². The Kier molecular flexibility index (Phi) is 5.71. The summed E-state index contributed by atoms with van der Waals surface area (Å²) < 4.78 is 5.20. The molecule has 0 aliphatic rings. The van der Waals surface area contributed by atoms with Gasteiger partial charge >= 0.3 is 0 Å². The second kappa shape index (κ2) is 7.06. The highest BCUT2D eigenvalue weighted by Gasteiger charge is 2.11. The van der Waals surface area contributed by atoms with E-state index in [0.29, 0.717) is 19.6 Å². The van der Waals surface area contributed by atoms with Crippen LogP contribution in [0.2, 0.25) is 0 Å². The highest BCUT2D eigenvalue weighted by Crippen LogP contribution is 1.99. The van der Waals surface area contributed by atoms with Gasteiger partial charge in [0.2, 0.25) is 5.91 Å². The first kappa shape index (κ1) is 14.6. The summed E-state index contributed by atoms with van der Waals surface area (Å²) >= 11 is 0. The second-order valence-electron chi connectivity index (χ2n) is 4.21. The van der Waals surface area contributed by atoms with Crippen LogP contribution in [0.5, 0.6) is 0 Å². The number of nitrogens with one attached hydrogen (secondary N) is 1. The molecule has 0 spiro atoms. The minimum absolute atomic E-state index is 0.0961. The fraction of sp³-hybridized carbons (Fsp3) is 0.615. The van der Waals surface area contributed by atoms with E-state index in [1.165, 1.54) is 0 Å². The van der Waals surface area contributed by atoms with E-state index >= 15 is 0 Å². The van der Waals surface area contributed by atoms with E-state index in [2.05, 4.69) is 15.3 Å². The summed E-state index contributed by atoms with van der Waals surface area (Å²) in [5, 5.41) is 2.81. The van der Waals surface area contributed by atoms with Crippen molar-refractivity contribution in [1.82, 2.24) is 15.3 Å². The van der Waals surface area contributed by atoms with Crippen molar-refractivity contribution in [3.05, 3.63) is 23.3 Å². The number of carbonyl (C=O) groups is 1. The van der Waals surface area contributed by atoms with Gasteiger partial charge in [-0.25, -0.2) is 9.97 Å². The van der Waals surface area contributed by atoms with E-state index in [1.807, 2.05) is 26.8 Å². The van der Waals surface area contributed by atoms with Crippen LogP contribution in [0.1, 0.15) is 31.1 Å². The van der Waals surface area contributed by atoms with E-state index in [4.69, 9.17) is 4.74 Å². The lowest BCUT2D eigenvalue weighted by Gasteiger charge is -2.11. The number of aryl methyl sites for hydroxylation is 2. The summed E-state index contributed by atoms with van der Waals surface area (Å²) in [5.41, 5.74) is 1.90. The predicted octanol–water partition coefficient (Wildman–Crippen LogP) is 1.18. The van der Waals surface area contributed by atoms with Crippen LogP contribution in [0.25, 0.3) is 0 Å². The molecule has 1 heterocycles. The zero-order chi connectivity index (χ0) is 13.5. The lowest BCUT2D eigenvalue weighted by molar-refractivity contribution is -0.131. The van der Waals surface area contributed by atoms with Crippen LogP contribution in [0, 0.1) is 13.8 Å². The lowest BCUT2D eigenvalue weighted by Crippen LogP contribution is -2.35. The molecule has 0 saturated carbocycles. The Morgan fingerprint density at radius 1 is 1.39 bits per heavy atom. The molecule has 1 aromatic heterocycles. The minimum Gasteiger partial charge on any atom is -0.369 e. The average molecular weight is 251 g/mol. The maximum Gasteiger partial charge on any atom is 0.248 e. The van der Waals surface area contributed by atoms with E-state index in [9.17, 15) is 4.79 Å². The first-order valence-corrected chi connectivity index (χ1v) is 6.23. The normalized spacial score (nSPS) is 12.2. The molecule has 1 atom stereocenters. The van der Waals surface area contributed by atoms with E-state index in [-0.39, 0.29) is 5.91 Å². The second-order valence-corrected chi connectivity index (χ2v) is 4.21. The summed E-state index contributed by atoms with van der Waals surface area (Å²) in [5.74, 6) is 0.665. The van der Waals surface area contributed by atoms with Gasteiger partial charge in [0.1, 0.15) is 11.9 Å². The van der Waals surface area contributed by atoms with Gasteiger partial charge in [-0.2, -0.15) is 0 Å². The molecule has 1 unspecified atom stereocenters. The number of rotatable bonds is 6. The fourth-order valence-corrected chi connectivity index (χ4v) is 1.68. The Morgan fingerprint density at radius 2 is 2.00 bits per heavy atom. The fourth-order valence-electron chi connectivity index (χ4n) is 1.68. The van der Waals surface area contributed by atoms with E-state index in [1.54, 1.807) is 6.92 Å². The van der Waals surface area contributed by atoms with Gasteiger partial charge in [-0.15, -0.1) is 0 Å². The molecule has 100 valence electrons. The van der Waals surface area contributed by atoms with E-state index < -0.39 is 6.10 Å². The third-order valence-corrected chi connectivity index (χ3v) is 2.46. The number of hydrogen-bond donors (Lipinski definition) is 1. The molecular formula is C13H21N3O2. The maximum atomic E-state index is 11.6. The molecule has 0 fully saturated rings. The number of carbonyl (C=O) groups excluding carboxylic acids is 1. The van der Waals surface area contributed by atoms with Crippen molar-refractivity contribution in [3.8, 4) is 0 Å². The third kappa shape index (κ3) is 4.79. The molecule has 0 radical (unpaired) electrons. The largest absolute Gasteiger partial charge is 0.369 e. The maximum absolute atomic E-state index is 11.6. The van der Waals surface area contributed by atoms with E-state index in [0.717, 1.165) is 17.2 Å². The molecule has 1 aromatic rings. The smallest absolute Gasteiger partial charge is 0.248 e. The lowest BCUT2D eigenvalue weighted by atomic mass is 10.3. The monoisotopic (exact) mass is 251 g/mol. The Hall–Kier alpha value is -1.49. The van der Waals surface area contributed by atoms with Crippen LogP contribution in [0.4, 0.5) is 0 Å². The number of nitrogens with zero attached hydrogens (tertiary/aromatic N) is 2. The van der Waals surface area contributed by atoms with Crippen molar-refractivity contribution in [2.45, 2.75) is 40.2 Å². The van der Waals surface area contributed by atoms with Gasteiger partial charge < -0.3 is 10.1 Å². The summed E-state index contributed by atoms with van der Waals surface area (Å²) in [7, 11) is 0. The average Bonchev–Trinajstić information content (AvgIpc) is 2.27. The first-order chi connectivity index (χ1) is 8.52. The van der Waals surface area contributed by atoms with Crippen molar-refractivity contribution < 1.29 is 9.53 Å². The molecule has 0 aliphatic heterocycles. The quantitative estimate of drug-likeness (QED) is 0.824. The van der Waals surface area contributed by atoms with Gasteiger partial charge in [0, 0.05) is 31.0 Å². The van der Waals surface area contributed by atoms with Gasteiger partial charge in [-0.05, 0) is 33.8 Å². The van der Waals surface area contributed by atoms with Gasteiger partial charge in [0.15, 0.2) is 0 Å². The summed E-state index contributed by atoms with van der Waals surface area (Å²) in [6.45, 7) is 8.55. The molecule has 0 bridgehead atoms. The molecule has 1 amide bonds. The Labute approximate surface area is 108 Å². The van der Waals surface area contributed by atoms with Crippen molar-refractivity contribution in [2.24, 2.45) is 0 Å². The van der Waals surface area contributed by atoms with Gasteiger partial charge in [0.05, 0.1) is 0 Å². The Balaban J connectivity index is 2.39. The summed E-state index contributed by atoms with van der Waals surface area (Å²) in [6, 6.07) is 1.93. The van der Waals surface area contributed by atoms with Crippen molar-refractivity contribution in [3.63, 3.8) is 0 Å². The zero-order valence-electron chi connectivity index (χ0n) is 11.5. The van der Waals surface area contributed by atoms with Crippen LogP contribution in [0.3, 0.4) is 0 Å². The highest BCUT2D eigenvalue weighted by molar-refractivity contribution is 5.80. The minimum atomic E-state index is -0.407. The molecule has 5 nitrogen and oxygen atoms in total. The number of hydrogen-bond acceptors (Lipinski definition) is 4. The Bertz CT molecular complexity index is 387. The highest BCUT2D eigenvalue weighted by atomic mass is 16.5. The van der Waals surface area contributed by atoms with Gasteiger partial charge in [-0.1, -0.05) is 0 Å².